The highest BCUT2D eigenvalue weighted by atomic mass is 16.5. The Labute approximate surface area is 126 Å². The van der Waals surface area contributed by atoms with E-state index in [4.69, 9.17) is 9.84 Å². The Hall–Kier alpha value is -1.34. The summed E-state index contributed by atoms with van der Waals surface area (Å²) in [6, 6.07) is -0.187. The van der Waals surface area contributed by atoms with Crippen LogP contribution in [0.5, 0.6) is 0 Å². The van der Waals surface area contributed by atoms with Crippen molar-refractivity contribution >= 4 is 12.0 Å². The lowest BCUT2D eigenvalue weighted by atomic mass is 10.2. The first-order valence-electron chi connectivity index (χ1n) is 7.60. The average molecular weight is 301 g/mol. The third-order valence-corrected chi connectivity index (χ3v) is 3.62. The van der Waals surface area contributed by atoms with Crippen LogP contribution < -0.4 is 5.32 Å². The molecule has 0 radical (unpaired) electrons. The van der Waals surface area contributed by atoms with Crippen molar-refractivity contribution in [3.8, 4) is 0 Å². The maximum Gasteiger partial charge on any atom is 0.317 e. The number of hydrogen-bond acceptors (Lipinski definition) is 4. The molecule has 7 nitrogen and oxygen atoms in total. The van der Waals surface area contributed by atoms with Crippen molar-refractivity contribution in [1.82, 2.24) is 15.1 Å². The molecule has 0 saturated carbocycles. The third-order valence-electron chi connectivity index (χ3n) is 3.62. The molecule has 1 aliphatic heterocycles. The van der Waals surface area contributed by atoms with E-state index in [0.717, 1.165) is 39.3 Å². The molecule has 0 aromatic rings. The Kier molecular flexibility index (Phi) is 8.07. The summed E-state index contributed by atoms with van der Waals surface area (Å²) in [5, 5.41) is 11.7. The molecule has 1 aliphatic rings. The van der Waals surface area contributed by atoms with Crippen LogP contribution in [0.4, 0.5) is 4.79 Å². The van der Waals surface area contributed by atoms with Crippen molar-refractivity contribution in [2.24, 2.45) is 5.92 Å². The Morgan fingerprint density at radius 1 is 1.38 bits per heavy atom. The van der Waals surface area contributed by atoms with Crippen molar-refractivity contribution in [3.63, 3.8) is 0 Å². The molecular formula is C14H27N3O4. The molecule has 122 valence electrons. The summed E-state index contributed by atoms with van der Waals surface area (Å²) in [6.45, 7) is 9.21. The molecule has 21 heavy (non-hydrogen) atoms. The van der Waals surface area contributed by atoms with Crippen LogP contribution in [0.25, 0.3) is 0 Å². The van der Waals surface area contributed by atoms with Crippen molar-refractivity contribution in [2.75, 3.05) is 52.5 Å². The van der Waals surface area contributed by atoms with E-state index in [0.29, 0.717) is 13.1 Å². The average Bonchev–Trinajstić information content (AvgIpc) is 2.49. The predicted molar refractivity (Wildman–Crippen MR) is 79.3 cm³/mol. The Morgan fingerprint density at radius 3 is 2.62 bits per heavy atom. The van der Waals surface area contributed by atoms with E-state index < -0.39 is 11.9 Å². The van der Waals surface area contributed by atoms with Crippen LogP contribution in [0.1, 0.15) is 20.3 Å². The zero-order chi connectivity index (χ0) is 15.7. The van der Waals surface area contributed by atoms with E-state index >= 15 is 0 Å². The number of morpholine rings is 1. The lowest BCUT2D eigenvalue weighted by Crippen LogP contribution is -2.44. The van der Waals surface area contributed by atoms with Gasteiger partial charge in [-0.15, -0.1) is 0 Å². The SMILES string of the molecule is CCN(CC(C)C(=O)O)C(=O)NCCCN1CCOCC1. The van der Waals surface area contributed by atoms with Crippen molar-refractivity contribution in [1.29, 1.82) is 0 Å². The van der Waals surface area contributed by atoms with Gasteiger partial charge < -0.3 is 20.1 Å². The number of aliphatic carboxylic acids is 1. The quantitative estimate of drug-likeness (QED) is 0.637. The summed E-state index contributed by atoms with van der Waals surface area (Å²) >= 11 is 0. The van der Waals surface area contributed by atoms with Crippen LogP contribution in [0, 0.1) is 5.92 Å². The van der Waals surface area contributed by atoms with Crippen LogP contribution in [0.15, 0.2) is 0 Å². The van der Waals surface area contributed by atoms with Gasteiger partial charge in [0.1, 0.15) is 0 Å². The van der Waals surface area contributed by atoms with E-state index in [-0.39, 0.29) is 12.6 Å². The fourth-order valence-corrected chi connectivity index (χ4v) is 2.20. The van der Waals surface area contributed by atoms with Crippen LogP contribution in [-0.2, 0) is 9.53 Å². The number of ether oxygens (including phenoxy) is 1. The van der Waals surface area contributed by atoms with Gasteiger partial charge >= 0.3 is 12.0 Å². The number of carboxylic acid groups (broad SMARTS) is 1. The molecule has 1 atom stereocenters. The summed E-state index contributed by atoms with van der Waals surface area (Å²) < 4.78 is 5.28. The van der Waals surface area contributed by atoms with Gasteiger partial charge in [0.2, 0.25) is 0 Å². The first-order valence-corrected chi connectivity index (χ1v) is 7.60. The molecule has 0 bridgehead atoms. The molecule has 7 heteroatoms. The maximum absolute atomic E-state index is 12.0. The van der Waals surface area contributed by atoms with Crippen molar-refractivity contribution in [2.45, 2.75) is 20.3 Å². The Bertz CT molecular complexity index is 332. The highest BCUT2D eigenvalue weighted by Crippen LogP contribution is 2.01. The fraction of sp³-hybridized carbons (Fsp3) is 0.857. The summed E-state index contributed by atoms with van der Waals surface area (Å²) in [4.78, 5) is 26.7. The van der Waals surface area contributed by atoms with Gasteiger partial charge in [0.25, 0.3) is 0 Å². The molecule has 2 amide bonds. The highest BCUT2D eigenvalue weighted by molar-refractivity contribution is 5.75. The minimum atomic E-state index is -0.881. The van der Waals surface area contributed by atoms with E-state index in [1.807, 2.05) is 6.92 Å². The number of urea groups is 1. The molecule has 1 fully saturated rings. The van der Waals surface area contributed by atoms with Gasteiger partial charge in [0.05, 0.1) is 19.1 Å². The number of carboxylic acids is 1. The molecule has 2 N–H and O–H groups in total. The molecule has 1 heterocycles. The number of nitrogens with zero attached hydrogens (tertiary/aromatic N) is 2. The lowest BCUT2D eigenvalue weighted by molar-refractivity contribution is -0.141. The number of hydrogen-bond donors (Lipinski definition) is 2. The molecule has 0 spiro atoms. The molecular weight excluding hydrogens is 274 g/mol. The summed E-state index contributed by atoms with van der Waals surface area (Å²) in [7, 11) is 0. The third kappa shape index (κ3) is 6.77. The first-order chi connectivity index (χ1) is 10.0. The molecule has 1 saturated heterocycles. The van der Waals surface area contributed by atoms with Gasteiger partial charge in [0, 0.05) is 32.7 Å². The minimum absolute atomic E-state index is 0.187. The van der Waals surface area contributed by atoms with E-state index in [1.165, 1.54) is 4.90 Å². The van der Waals surface area contributed by atoms with Crippen LogP contribution in [0.3, 0.4) is 0 Å². The summed E-state index contributed by atoms with van der Waals surface area (Å²) in [5.74, 6) is -1.43. The van der Waals surface area contributed by atoms with Gasteiger partial charge in [-0.1, -0.05) is 6.92 Å². The first kappa shape index (κ1) is 17.7. The smallest absolute Gasteiger partial charge is 0.317 e. The molecule has 0 aromatic carbocycles. The number of rotatable bonds is 8. The van der Waals surface area contributed by atoms with Crippen molar-refractivity contribution in [3.05, 3.63) is 0 Å². The van der Waals surface area contributed by atoms with Gasteiger partial charge in [0.15, 0.2) is 0 Å². The van der Waals surface area contributed by atoms with Gasteiger partial charge in [-0.3, -0.25) is 9.69 Å². The van der Waals surface area contributed by atoms with Gasteiger partial charge in [-0.2, -0.15) is 0 Å². The number of amides is 2. The zero-order valence-corrected chi connectivity index (χ0v) is 13.0. The number of nitrogens with one attached hydrogen (secondary N) is 1. The van der Waals surface area contributed by atoms with Crippen LogP contribution in [0.2, 0.25) is 0 Å². The normalized spacial score (nSPS) is 17.2. The highest BCUT2D eigenvalue weighted by Gasteiger charge is 2.19. The second-order valence-corrected chi connectivity index (χ2v) is 5.32. The number of carbonyl (C=O) groups is 2. The second-order valence-electron chi connectivity index (χ2n) is 5.32. The fourth-order valence-electron chi connectivity index (χ4n) is 2.20. The summed E-state index contributed by atoms with van der Waals surface area (Å²) in [5.41, 5.74) is 0. The predicted octanol–water partition coefficient (Wildman–Crippen LogP) is 0.461. The Balaban J connectivity index is 2.19. The van der Waals surface area contributed by atoms with Gasteiger partial charge in [-0.25, -0.2) is 4.79 Å². The van der Waals surface area contributed by atoms with E-state index in [1.54, 1.807) is 6.92 Å². The standard InChI is InChI=1S/C14H27N3O4/c1-3-17(11-12(2)13(18)19)14(20)15-5-4-6-16-7-9-21-10-8-16/h12H,3-11H2,1-2H3,(H,15,20)(H,18,19). The largest absolute Gasteiger partial charge is 0.481 e. The number of carbonyl (C=O) groups excluding carboxylic acids is 1. The molecule has 0 aromatic heterocycles. The monoisotopic (exact) mass is 301 g/mol. The lowest BCUT2D eigenvalue weighted by Gasteiger charge is -2.27. The summed E-state index contributed by atoms with van der Waals surface area (Å²) in [6.07, 6.45) is 0.887. The second kappa shape index (κ2) is 9.57. The zero-order valence-electron chi connectivity index (χ0n) is 13.0. The maximum atomic E-state index is 12.0. The minimum Gasteiger partial charge on any atom is -0.481 e. The Morgan fingerprint density at radius 2 is 2.05 bits per heavy atom. The topological polar surface area (TPSA) is 82.1 Å². The molecule has 0 aliphatic carbocycles. The molecule has 1 unspecified atom stereocenters. The van der Waals surface area contributed by atoms with Crippen LogP contribution >= 0.6 is 0 Å². The van der Waals surface area contributed by atoms with Crippen LogP contribution in [-0.4, -0.2) is 79.4 Å². The molecule has 1 rings (SSSR count). The van der Waals surface area contributed by atoms with Gasteiger partial charge in [-0.05, 0) is 19.9 Å². The van der Waals surface area contributed by atoms with E-state index in [2.05, 4.69) is 10.2 Å². The van der Waals surface area contributed by atoms with E-state index in [9.17, 15) is 9.59 Å². The van der Waals surface area contributed by atoms with Crippen molar-refractivity contribution < 1.29 is 19.4 Å².